The lowest BCUT2D eigenvalue weighted by Crippen LogP contribution is -2.41. The normalized spacial score (nSPS) is 24.7. The Bertz CT molecular complexity index is 526. The molecule has 5 nitrogen and oxygen atoms in total. The SMILES string of the molecule is CN(Cc1ccc(N2CCCCC2)cc1)C(=O)C1CC(O)CN1. The Labute approximate surface area is 138 Å². The lowest BCUT2D eigenvalue weighted by molar-refractivity contribution is -0.132. The molecule has 2 atom stereocenters. The van der Waals surface area contributed by atoms with Gasteiger partial charge in [0.05, 0.1) is 12.1 Å². The van der Waals surface area contributed by atoms with E-state index in [2.05, 4.69) is 34.5 Å². The van der Waals surface area contributed by atoms with Gasteiger partial charge in [0.1, 0.15) is 0 Å². The molecule has 2 heterocycles. The molecule has 2 saturated heterocycles. The summed E-state index contributed by atoms with van der Waals surface area (Å²) in [6, 6.07) is 8.31. The van der Waals surface area contributed by atoms with Crippen LogP contribution in [0.4, 0.5) is 5.69 Å². The van der Waals surface area contributed by atoms with E-state index < -0.39 is 6.10 Å². The Morgan fingerprint density at radius 3 is 2.57 bits per heavy atom. The number of nitrogens with zero attached hydrogens (tertiary/aromatic N) is 2. The van der Waals surface area contributed by atoms with E-state index >= 15 is 0 Å². The molecule has 2 N–H and O–H groups in total. The van der Waals surface area contributed by atoms with Crippen molar-refractivity contribution >= 4 is 11.6 Å². The third kappa shape index (κ3) is 4.03. The van der Waals surface area contributed by atoms with Crippen molar-refractivity contribution in [3.8, 4) is 0 Å². The largest absolute Gasteiger partial charge is 0.392 e. The molecule has 23 heavy (non-hydrogen) atoms. The number of piperidine rings is 1. The van der Waals surface area contributed by atoms with Crippen LogP contribution in [0.5, 0.6) is 0 Å². The van der Waals surface area contributed by atoms with Crippen LogP contribution in [0, 0.1) is 0 Å². The first-order chi connectivity index (χ1) is 11.1. The van der Waals surface area contributed by atoms with Gasteiger partial charge in [-0.1, -0.05) is 12.1 Å². The van der Waals surface area contributed by atoms with E-state index in [0.29, 0.717) is 19.5 Å². The minimum absolute atomic E-state index is 0.0571. The Kier molecular flexibility index (Phi) is 5.18. The van der Waals surface area contributed by atoms with Gasteiger partial charge in [-0.2, -0.15) is 0 Å². The van der Waals surface area contributed by atoms with Crippen molar-refractivity contribution in [1.29, 1.82) is 0 Å². The zero-order valence-corrected chi connectivity index (χ0v) is 13.9. The highest BCUT2D eigenvalue weighted by molar-refractivity contribution is 5.82. The maximum atomic E-state index is 12.4. The van der Waals surface area contributed by atoms with E-state index in [9.17, 15) is 9.90 Å². The molecule has 1 aromatic carbocycles. The zero-order chi connectivity index (χ0) is 16.2. The maximum Gasteiger partial charge on any atom is 0.239 e. The highest BCUT2D eigenvalue weighted by Crippen LogP contribution is 2.21. The Balaban J connectivity index is 1.56. The van der Waals surface area contributed by atoms with Crippen molar-refractivity contribution in [3.63, 3.8) is 0 Å². The van der Waals surface area contributed by atoms with Crippen molar-refractivity contribution < 1.29 is 9.90 Å². The number of anilines is 1. The van der Waals surface area contributed by atoms with E-state index in [1.807, 2.05) is 7.05 Å². The van der Waals surface area contributed by atoms with Gasteiger partial charge in [0.25, 0.3) is 0 Å². The van der Waals surface area contributed by atoms with Crippen molar-refractivity contribution in [2.24, 2.45) is 0 Å². The van der Waals surface area contributed by atoms with Gasteiger partial charge in [-0.15, -0.1) is 0 Å². The summed E-state index contributed by atoms with van der Waals surface area (Å²) in [5.74, 6) is 0.0571. The predicted octanol–water partition coefficient (Wildman–Crippen LogP) is 1.36. The molecule has 1 amide bonds. The number of hydrogen-bond donors (Lipinski definition) is 2. The summed E-state index contributed by atoms with van der Waals surface area (Å²) in [5, 5.41) is 12.6. The highest BCUT2D eigenvalue weighted by Gasteiger charge is 2.29. The smallest absolute Gasteiger partial charge is 0.239 e. The fraction of sp³-hybridized carbons (Fsp3) is 0.611. The molecule has 2 aliphatic rings. The number of aliphatic hydroxyl groups excluding tert-OH is 1. The van der Waals surface area contributed by atoms with Gasteiger partial charge in [0.2, 0.25) is 5.91 Å². The van der Waals surface area contributed by atoms with Crippen LogP contribution in [0.2, 0.25) is 0 Å². The quantitative estimate of drug-likeness (QED) is 0.880. The third-order valence-corrected chi connectivity index (χ3v) is 4.86. The van der Waals surface area contributed by atoms with Crippen LogP contribution >= 0.6 is 0 Å². The average molecular weight is 317 g/mol. The topological polar surface area (TPSA) is 55.8 Å². The Hall–Kier alpha value is -1.59. The Morgan fingerprint density at radius 1 is 1.26 bits per heavy atom. The van der Waals surface area contributed by atoms with Crippen molar-refractivity contribution in [2.45, 2.75) is 44.4 Å². The number of benzene rings is 1. The number of likely N-dealkylation sites (N-methyl/N-ethyl adjacent to an activating group) is 1. The number of rotatable bonds is 4. The van der Waals surface area contributed by atoms with Gasteiger partial charge in [-0.05, 0) is 43.4 Å². The van der Waals surface area contributed by atoms with Gasteiger partial charge in [-0.25, -0.2) is 0 Å². The lowest BCUT2D eigenvalue weighted by Gasteiger charge is -2.29. The van der Waals surface area contributed by atoms with E-state index in [0.717, 1.165) is 18.7 Å². The van der Waals surface area contributed by atoms with Crippen molar-refractivity contribution in [1.82, 2.24) is 10.2 Å². The molecule has 1 aromatic rings. The molecule has 0 spiro atoms. The van der Waals surface area contributed by atoms with Gasteiger partial charge >= 0.3 is 0 Å². The molecule has 3 rings (SSSR count). The first-order valence-corrected chi connectivity index (χ1v) is 8.64. The van der Waals surface area contributed by atoms with Crippen LogP contribution in [-0.2, 0) is 11.3 Å². The fourth-order valence-electron chi connectivity index (χ4n) is 3.49. The number of nitrogens with one attached hydrogen (secondary N) is 1. The van der Waals surface area contributed by atoms with Gasteiger partial charge in [-0.3, -0.25) is 4.79 Å². The molecule has 0 aromatic heterocycles. The van der Waals surface area contributed by atoms with Crippen molar-refractivity contribution in [3.05, 3.63) is 29.8 Å². The number of aliphatic hydroxyl groups is 1. The summed E-state index contributed by atoms with van der Waals surface area (Å²) in [6.07, 6.45) is 4.00. The average Bonchev–Trinajstić information content (AvgIpc) is 3.02. The molecule has 0 saturated carbocycles. The van der Waals surface area contributed by atoms with Crippen LogP contribution in [-0.4, -0.2) is 54.7 Å². The standard InChI is InChI=1S/C18H27N3O2/c1-20(18(23)17-11-16(22)12-19-17)13-14-5-7-15(8-6-14)21-9-3-2-4-10-21/h5-8,16-17,19,22H,2-4,9-13H2,1H3. The summed E-state index contributed by atoms with van der Waals surface area (Å²) in [5.41, 5.74) is 2.42. The molecule has 0 bridgehead atoms. The second-order valence-electron chi connectivity index (χ2n) is 6.76. The predicted molar refractivity (Wildman–Crippen MR) is 91.4 cm³/mol. The minimum Gasteiger partial charge on any atom is -0.392 e. The van der Waals surface area contributed by atoms with E-state index in [4.69, 9.17) is 0 Å². The summed E-state index contributed by atoms with van der Waals surface area (Å²) in [6.45, 7) is 3.41. The van der Waals surface area contributed by atoms with Gasteiger partial charge in [0, 0.05) is 38.9 Å². The number of β-amino-alcohol motifs (C(OH)–C–C–N with tert-alkyl or cyclic N) is 1. The molecule has 5 heteroatoms. The fourth-order valence-corrected chi connectivity index (χ4v) is 3.49. The summed E-state index contributed by atoms with van der Waals surface area (Å²) in [4.78, 5) is 16.5. The zero-order valence-electron chi connectivity index (χ0n) is 13.9. The second kappa shape index (κ2) is 7.32. The minimum atomic E-state index is -0.402. The van der Waals surface area contributed by atoms with Gasteiger partial charge < -0.3 is 20.2 Å². The molecule has 2 aliphatic heterocycles. The molecule has 2 fully saturated rings. The van der Waals surface area contributed by atoms with E-state index in [1.54, 1.807) is 4.90 Å². The van der Waals surface area contributed by atoms with Gasteiger partial charge in [0.15, 0.2) is 0 Å². The van der Waals surface area contributed by atoms with Crippen LogP contribution < -0.4 is 10.2 Å². The third-order valence-electron chi connectivity index (χ3n) is 4.86. The first-order valence-electron chi connectivity index (χ1n) is 8.64. The van der Waals surface area contributed by atoms with Crippen LogP contribution in [0.15, 0.2) is 24.3 Å². The number of hydrogen-bond acceptors (Lipinski definition) is 4. The summed E-state index contributed by atoms with van der Waals surface area (Å²) >= 11 is 0. The number of carbonyl (C=O) groups is 1. The highest BCUT2D eigenvalue weighted by atomic mass is 16.3. The second-order valence-corrected chi connectivity index (χ2v) is 6.76. The van der Waals surface area contributed by atoms with Crippen LogP contribution in [0.1, 0.15) is 31.2 Å². The number of amides is 1. The molecule has 2 unspecified atom stereocenters. The lowest BCUT2D eigenvalue weighted by atomic mass is 10.1. The first kappa shape index (κ1) is 16.3. The molecule has 126 valence electrons. The van der Waals surface area contributed by atoms with Crippen LogP contribution in [0.25, 0.3) is 0 Å². The molecule has 0 radical (unpaired) electrons. The molecular weight excluding hydrogens is 290 g/mol. The monoisotopic (exact) mass is 317 g/mol. The number of carbonyl (C=O) groups excluding carboxylic acids is 1. The van der Waals surface area contributed by atoms with E-state index in [-0.39, 0.29) is 11.9 Å². The maximum absolute atomic E-state index is 12.4. The van der Waals surface area contributed by atoms with Crippen LogP contribution in [0.3, 0.4) is 0 Å². The molecular formula is C18H27N3O2. The molecule has 0 aliphatic carbocycles. The van der Waals surface area contributed by atoms with Crippen molar-refractivity contribution in [2.75, 3.05) is 31.6 Å². The summed E-state index contributed by atoms with van der Waals surface area (Å²) in [7, 11) is 1.83. The summed E-state index contributed by atoms with van der Waals surface area (Å²) < 4.78 is 0. The van der Waals surface area contributed by atoms with E-state index in [1.165, 1.54) is 24.9 Å². The Morgan fingerprint density at radius 2 is 1.96 bits per heavy atom.